The fourth-order valence-corrected chi connectivity index (χ4v) is 3.72. The molecular weight excluding hydrogens is 517 g/mol. The average molecular weight is 553 g/mol. The van der Waals surface area contributed by atoms with Gasteiger partial charge in [0.15, 0.2) is 5.96 Å². The SMILES string of the molecule is CCOc1ccc(CN(C)C(=NC)NCCCN2CCN(c3ncccn3)CC2)cc1.I. The maximum Gasteiger partial charge on any atom is 0.225 e. The van der Waals surface area contributed by atoms with Crippen LogP contribution in [0.15, 0.2) is 47.7 Å². The zero-order valence-corrected chi connectivity index (χ0v) is 21.7. The maximum atomic E-state index is 5.52. The molecule has 8 nitrogen and oxygen atoms in total. The van der Waals surface area contributed by atoms with Crippen molar-refractivity contribution in [3.05, 3.63) is 48.3 Å². The molecule has 0 radical (unpaired) electrons. The van der Waals surface area contributed by atoms with E-state index in [9.17, 15) is 0 Å². The molecule has 0 bridgehead atoms. The topological polar surface area (TPSA) is 69.1 Å². The molecule has 1 N–H and O–H groups in total. The number of nitrogens with zero attached hydrogens (tertiary/aromatic N) is 6. The molecular formula is C23H36IN7O. The molecule has 1 saturated heterocycles. The third-order valence-corrected chi connectivity index (χ3v) is 5.37. The van der Waals surface area contributed by atoms with Crippen molar-refractivity contribution in [2.24, 2.45) is 4.99 Å². The van der Waals surface area contributed by atoms with E-state index in [2.05, 4.69) is 54.2 Å². The van der Waals surface area contributed by atoms with Crippen molar-refractivity contribution >= 4 is 35.9 Å². The highest BCUT2D eigenvalue weighted by Crippen LogP contribution is 2.13. The van der Waals surface area contributed by atoms with Crippen molar-refractivity contribution < 1.29 is 4.74 Å². The van der Waals surface area contributed by atoms with Gasteiger partial charge in [-0.25, -0.2) is 9.97 Å². The number of nitrogens with one attached hydrogen (secondary N) is 1. The molecule has 9 heteroatoms. The summed E-state index contributed by atoms with van der Waals surface area (Å²) in [6.45, 7) is 9.51. The van der Waals surface area contributed by atoms with Gasteiger partial charge in [-0.15, -0.1) is 24.0 Å². The Morgan fingerprint density at radius 2 is 1.81 bits per heavy atom. The van der Waals surface area contributed by atoms with Crippen LogP contribution in [0.3, 0.4) is 0 Å². The third kappa shape index (κ3) is 8.09. The van der Waals surface area contributed by atoms with Crippen LogP contribution in [0.25, 0.3) is 0 Å². The van der Waals surface area contributed by atoms with Crippen molar-refractivity contribution in [3.63, 3.8) is 0 Å². The third-order valence-electron chi connectivity index (χ3n) is 5.37. The van der Waals surface area contributed by atoms with Crippen LogP contribution in [0.1, 0.15) is 18.9 Å². The number of aromatic nitrogens is 2. The van der Waals surface area contributed by atoms with Gasteiger partial charge in [-0.1, -0.05) is 12.1 Å². The molecule has 176 valence electrons. The van der Waals surface area contributed by atoms with Gasteiger partial charge < -0.3 is 19.9 Å². The molecule has 32 heavy (non-hydrogen) atoms. The van der Waals surface area contributed by atoms with Crippen molar-refractivity contribution in [1.29, 1.82) is 0 Å². The minimum Gasteiger partial charge on any atom is -0.494 e. The average Bonchev–Trinajstić information content (AvgIpc) is 2.81. The molecule has 0 atom stereocenters. The first-order chi connectivity index (χ1) is 15.2. The van der Waals surface area contributed by atoms with Gasteiger partial charge >= 0.3 is 0 Å². The zero-order chi connectivity index (χ0) is 21.9. The lowest BCUT2D eigenvalue weighted by atomic mass is 10.2. The number of anilines is 1. The summed E-state index contributed by atoms with van der Waals surface area (Å²) in [6.07, 6.45) is 4.69. The number of guanidine groups is 1. The normalized spacial score (nSPS) is 14.6. The van der Waals surface area contributed by atoms with E-state index in [1.165, 1.54) is 5.56 Å². The van der Waals surface area contributed by atoms with E-state index in [1.807, 2.05) is 32.2 Å². The van der Waals surface area contributed by atoms with Crippen LogP contribution in [0, 0.1) is 0 Å². The number of aliphatic imine (C=N–C) groups is 1. The Morgan fingerprint density at radius 3 is 2.44 bits per heavy atom. The van der Waals surface area contributed by atoms with E-state index < -0.39 is 0 Å². The molecule has 1 fully saturated rings. The predicted octanol–water partition coefficient (Wildman–Crippen LogP) is 2.71. The Bertz CT molecular complexity index is 796. The Hall–Kier alpha value is -2.14. The number of rotatable bonds is 9. The van der Waals surface area contributed by atoms with Crippen molar-refractivity contribution in [2.45, 2.75) is 19.9 Å². The van der Waals surface area contributed by atoms with E-state index in [4.69, 9.17) is 4.74 Å². The first kappa shape index (κ1) is 26.1. The van der Waals surface area contributed by atoms with Gasteiger partial charge in [-0.3, -0.25) is 9.89 Å². The number of hydrogen-bond acceptors (Lipinski definition) is 6. The van der Waals surface area contributed by atoms with E-state index >= 15 is 0 Å². The minimum atomic E-state index is 0. The molecule has 0 amide bonds. The van der Waals surface area contributed by atoms with Crippen LogP contribution in [0.2, 0.25) is 0 Å². The Balaban J connectivity index is 0.00000363. The molecule has 0 spiro atoms. The maximum absolute atomic E-state index is 5.52. The lowest BCUT2D eigenvalue weighted by Gasteiger charge is -2.34. The smallest absolute Gasteiger partial charge is 0.225 e. The summed E-state index contributed by atoms with van der Waals surface area (Å²) >= 11 is 0. The van der Waals surface area contributed by atoms with Gasteiger partial charge in [0.2, 0.25) is 5.95 Å². The van der Waals surface area contributed by atoms with Crippen molar-refractivity contribution in [3.8, 4) is 5.75 Å². The molecule has 0 unspecified atom stereocenters. The Kier molecular flexibility index (Phi) is 11.5. The summed E-state index contributed by atoms with van der Waals surface area (Å²) in [6, 6.07) is 10.1. The van der Waals surface area contributed by atoms with Crippen LogP contribution in [-0.2, 0) is 6.54 Å². The van der Waals surface area contributed by atoms with E-state index in [-0.39, 0.29) is 24.0 Å². The second-order valence-corrected chi connectivity index (χ2v) is 7.64. The molecule has 1 aromatic heterocycles. The number of halogens is 1. The summed E-state index contributed by atoms with van der Waals surface area (Å²) in [5.41, 5.74) is 1.23. The van der Waals surface area contributed by atoms with E-state index in [1.54, 1.807) is 12.4 Å². The molecule has 1 aliphatic rings. The number of ether oxygens (including phenoxy) is 1. The number of piperazine rings is 1. The fourth-order valence-electron chi connectivity index (χ4n) is 3.72. The van der Waals surface area contributed by atoms with Crippen LogP contribution >= 0.6 is 24.0 Å². The van der Waals surface area contributed by atoms with Gasteiger partial charge in [-0.2, -0.15) is 0 Å². The van der Waals surface area contributed by atoms with Crippen LogP contribution < -0.4 is 15.0 Å². The summed E-state index contributed by atoms with van der Waals surface area (Å²) in [7, 11) is 3.90. The molecule has 2 aromatic rings. The molecule has 1 aliphatic heterocycles. The van der Waals surface area contributed by atoms with Crippen molar-refractivity contribution in [1.82, 2.24) is 25.1 Å². The summed E-state index contributed by atoms with van der Waals surface area (Å²) in [5, 5.41) is 3.49. The molecule has 3 rings (SSSR count). The Morgan fingerprint density at radius 1 is 1.12 bits per heavy atom. The Labute approximate surface area is 209 Å². The number of benzene rings is 1. The van der Waals surface area contributed by atoms with Gasteiger partial charge in [-0.05, 0) is 43.7 Å². The first-order valence-electron chi connectivity index (χ1n) is 11.1. The van der Waals surface area contributed by atoms with E-state index in [0.29, 0.717) is 6.61 Å². The quantitative estimate of drug-likeness (QED) is 0.222. The monoisotopic (exact) mass is 553 g/mol. The fraction of sp³-hybridized carbons (Fsp3) is 0.522. The van der Waals surface area contributed by atoms with Gasteiger partial charge in [0.25, 0.3) is 0 Å². The standard InChI is InChI=1S/C23H35N7O.HI/c1-4-31-21-9-7-20(8-10-21)19-28(3)22(24-2)25-13-6-14-29-15-17-30(18-16-29)23-26-11-5-12-27-23;/h5,7-12H,4,6,13-19H2,1-3H3,(H,24,25);1H. The molecule has 0 aliphatic carbocycles. The highest BCUT2D eigenvalue weighted by Gasteiger charge is 2.18. The van der Waals surface area contributed by atoms with Crippen LogP contribution in [0.5, 0.6) is 5.75 Å². The highest BCUT2D eigenvalue weighted by atomic mass is 127. The lowest BCUT2D eigenvalue weighted by molar-refractivity contribution is 0.254. The molecule has 2 heterocycles. The summed E-state index contributed by atoms with van der Waals surface area (Å²) in [4.78, 5) is 20.0. The number of hydrogen-bond donors (Lipinski definition) is 1. The molecule has 1 aromatic carbocycles. The summed E-state index contributed by atoms with van der Waals surface area (Å²) < 4.78 is 5.52. The van der Waals surface area contributed by atoms with Gasteiger partial charge in [0, 0.05) is 65.8 Å². The lowest BCUT2D eigenvalue weighted by Crippen LogP contribution is -2.47. The highest BCUT2D eigenvalue weighted by molar-refractivity contribution is 14.0. The van der Waals surface area contributed by atoms with E-state index in [0.717, 1.165) is 69.9 Å². The van der Waals surface area contributed by atoms with Crippen molar-refractivity contribution in [2.75, 3.05) is 64.9 Å². The van der Waals surface area contributed by atoms with Crippen LogP contribution in [0.4, 0.5) is 5.95 Å². The minimum absolute atomic E-state index is 0. The molecule has 0 saturated carbocycles. The zero-order valence-electron chi connectivity index (χ0n) is 19.4. The van der Waals surface area contributed by atoms with Crippen LogP contribution in [-0.4, -0.2) is 85.7 Å². The first-order valence-corrected chi connectivity index (χ1v) is 11.1. The second-order valence-electron chi connectivity index (χ2n) is 7.64. The summed E-state index contributed by atoms with van der Waals surface area (Å²) in [5.74, 6) is 2.66. The van der Waals surface area contributed by atoms with Gasteiger partial charge in [0.05, 0.1) is 6.61 Å². The largest absolute Gasteiger partial charge is 0.494 e. The predicted molar refractivity (Wildman–Crippen MR) is 141 cm³/mol. The second kappa shape index (κ2) is 14.1. The van der Waals surface area contributed by atoms with Gasteiger partial charge in [0.1, 0.15) is 5.75 Å².